The lowest BCUT2D eigenvalue weighted by atomic mass is 10.1. The molecule has 2 aromatic carbocycles. The predicted octanol–water partition coefficient (Wildman–Crippen LogP) is 2.58. The summed E-state index contributed by atoms with van der Waals surface area (Å²) in [6.07, 6.45) is 0. The summed E-state index contributed by atoms with van der Waals surface area (Å²) in [6.45, 7) is 1.23. The number of hydrogen-bond acceptors (Lipinski definition) is 7. The maximum atomic E-state index is 12.4. The Labute approximate surface area is 162 Å². The number of methoxy groups -OCH3 is 2. The van der Waals surface area contributed by atoms with Gasteiger partial charge in [-0.25, -0.2) is 4.79 Å². The number of ether oxygens (including phenoxy) is 2. The molecule has 146 valence electrons. The number of nitrogens with zero attached hydrogens (tertiary/aromatic N) is 1. The molecule has 8 nitrogen and oxygen atoms in total. The molecule has 8 heteroatoms. The minimum atomic E-state index is -0.710. The average molecular weight is 384 g/mol. The minimum absolute atomic E-state index is 0.0141. The number of oxime groups is 1. The Kier molecular flexibility index (Phi) is 7.27. The Balaban J connectivity index is 2.04. The van der Waals surface area contributed by atoms with Crippen LogP contribution in [0.1, 0.15) is 22.8 Å². The zero-order chi connectivity index (χ0) is 20.5. The molecule has 0 bridgehead atoms. The monoisotopic (exact) mass is 384 g/mol. The van der Waals surface area contributed by atoms with Crippen molar-refractivity contribution in [2.45, 2.75) is 13.5 Å². The van der Waals surface area contributed by atoms with Gasteiger partial charge in [-0.1, -0.05) is 29.4 Å². The lowest BCUT2D eigenvalue weighted by Gasteiger charge is -2.10. The van der Waals surface area contributed by atoms with Crippen LogP contribution >= 0.6 is 0 Å². The van der Waals surface area contributed by atoms with Crippen LogP contribution in [0.2, 0.25) is 0 Å². The molecule has 0 atom stereocenters. The number of carbonyl (C=O) groups is 3. The van der Waals surface area contributed by atoms with Gasteiger partial charge in [-0.05, 0) is 29.8 Å². The van der Waals surface area contributed by atoms with Crippen molar-refractivity contribution in [3.63, 3.8) is 0 Å². The van der Waals surface area contributed by atoms with Crippen LogP contribution in [0.25, 0.3) is 0 Å². The summed E-state index contributed by atoms with van der Waals surface area (Å²) in [4.78, 5) is 40.7. The van der Waals surface area contributed by atoms with Gasteiger partial charge in [0.1, 0.15) is 12.4 Å². The first-order chi connectivity index (χ1) is 13.5. The number of hydrogen-bond donors (Lipinski definition) is 1. The Morgan fingerprint density at radius 3 is 2.29 bits per heavy atom. The number of esters is 1. The SMILES string of the molecule is COC(=O)c1ccc(CO/N=C(/C(C)=O)C(=O)Nc2ccccc2OC)cc1. The van der Waals surface area contributed by atoms with Gasteiger partial charge in [0.15, 0.2) is 5.78 Å². The fourth-order valence-electron chi connectivity index (χ4n) is 2.22. The van der Waals surface area contributed by atoms with Crippen molar-refractivity contribution in [1.82, 2.24) is 0 Å². The van der Waals surface area contributed by atoms with Crippen molar-refractivity contribution in [2.75, 3.05) is 19.5 Å². The molecular formula is C20H20N2O6. The van der Waals surface area contributed by atoms with Crippen molar-refractivity contribution >= 4 is 29.1 Å². The summed E-state index contributed by atoms with van der Waals surface area (Å²) in [7, 11) is 2.77. The van der Waals surface area contributed by atoms with E-state index in [2.05, 4.69) is 15.2 Å². The van der Waals surface area contributed by atoms with Crippen LogP contribution in [-0.4, -0.2) is 37.6 Å². The highest BCUT2D eigenvalue weighted by atomic mass is 16.6. The van der Waals surface area contributed by atoms with E-state index in [9.17, 15) is 14.4 Å². The van der Waals surface area contributed by atoms with Crippen molar-refractivity contribution in [1.29, 1.82) is 0 Å². The molecule has 2 aromatic rings. The Bertz CT molecular complexity index is 890. The fraction of sp³-hybridized carbons (Fsp3) is 0.200. The molecule has 28 heavy (non-hydrogen) atoms. The third kappa shape index (κ3) is 5.41. The van der Waals surface area contributed by atoms with Gasteiger partial charge in [0.25, 0.3) is 5.91 Å². The third-order valence-corrected chi connectivity index (χ3v) is 3.67. The molecule has 0 aliphatic rings. The summed E-state index contributed by atoms with van der Waals surface area (Å²) in [6, 6.07) is 13.3. The van der Waals surface area contributed by atoms with E-state index in [0.29, 0.717) is 22.6 Å². The summed E-state index contributed by atoms with van der Waals surface area (Å²) in [5, 5.41) is 6.24. The van der Waals surface area contributed by atoms with Crippen LogP contribution in [0.15, 0.2) is 53.7 Å². The van der Waals surface area contributed by atoms with E-state index in [1.807, 2.05) is 0 Å². The van der Waals surface area contributed by atoms with E-state index in [-0.39, 0.29) is 12.3 Å². The number of carbonyl (C=O) groups excluding carboxylic acids is 3. The zero-order valence-electron chi connectivity index (χ0n) is 15.7. The largest absolute Gasteiger partial charge is 0.495 e. The van der Waals surface area contributed by atoms with E-state index in [4.69, 9.17) is 9.57 Å². The number of para-hydroxylation sites is 2. The van der Waals surface area contributed by atoms with E-state index < -0.39 is 17.7 Å². The van der Waals surface area contributed by atoms with Gasteiger partial charge in [-0.2, -0.15) is 0 Å². The third-order valence-electron chi connectivity index (χ3n) is 3.67. The molecule has 0 fully saturated rings. The number of rotatable bonds is 8. The maximum absolute atomic E-state index is 12.4. The quantitative estimate of drug-likeness (QED) is 0.325. The standard InChI is InChI=1S/C20H20N2O6/c1-13(23)18(19(24)21-16-6-4-5-7-17(16)26-2)22-28-12-14-8-10-15(11-9-14)20(25)27-3/h4-11H,12H2,1-3H3,(H,21,24)/b22-18-. The molecule has 2 rings (SSSR count). The molecule has 0 heterocycles. The summed E-state index contributed by atoms with van der Waals surface area (Å²) in [5.41, 5.74) is 1.12. The first-order valence-electron chi connectivity index (χ1n) is 8.28. The Morgan fingerprint density at radius 2 is 1.68 bits per heavy atom. The second-order valence-corrected chi connectivity index (χ2v) is 5.61. The first kappa shape index (κ1) is 20.6. The van der Waals surface area contributed by atoms with Crippen LogP contribution in [0, 0.1) is 0 Å². The number of ketones is 1. The molecule has 0 aliphatic heterocycles. The fourth-order valence-corrected chi connectivity index (χ4v) is 2.22. The topological polar surface area (TPSA) is 103 Å². The van der Waals surface area contributed by atoms with Crippen molar-refractivity contribution in [3.8, 4) is 5.75 Å². The highest BCUT2D eigenvalue weighted by molar-refractivity contribution is 6.67. The van der Waals surface area contributed by atoms with E-state index in [1.54, 1.807) is 48.5 Å². The highest BCUT2D eigenvalue weighted by Gasteiger charge is 2.19. The summed E-state index contributed by atoms with van der Waals surface area (Å²) >= 11 is 0. The normalized spacial score (nSPS) is 10.8. The van der Waals surface area contributed by atoms with Gasteiger partial charge in [0, 0.05) is 6.92 Å². The predicted molar refractivity (Wildman–Crippen MR) is 102 cm³/mol. The molecule has 0 spiro atoms. The summed E-state index contributed by atoms with van der Waals surface area (Å²) < 4.78 is 9.78. The van der Waals surface area contributed by atoms with Crippen molar-refractivity contribution < 1.29 is 28.7 Å². The maximum Gasteiger partial charge on any atom is 0.337 e. The van der Waals surface area contributed by atoms with E-state index >= 15 is 0 Å². The molecule has 0 saturated carbocycles. The number of benzene rings is 2. The lowest BCUT2D eigenvalue weighted by molar-refractivity contribution is -0.114. The molecule has 0 unspecified atom stereocenters. The van der Waals surface area contributed by atoms with Gasteiger partial charge in [0.05, 0.1) is 25.5 Å². The summed E-state index contributed by atoms with van der Waals surface area (Å²) in [5.74, 6) is -1.26. The number of Topliss-reactive ketones (excluding diaryl/α,β-unsaturated/α-hetero) is 1. The van der Waals surface area contributed by atoms with Crippen LogP contribution in [0.4, 0.5) is 5.69 Å². The van der Waals surface area contributed by atoms with E-state index in [0.717, 1.165) is 0 Å². The van der Waals surface area contributed by atoms with Crippen LogP contribution < -0.4 is 10.1 Å². The molecule has 1 amide bonds. The average Bonchev–Trinajstić information content (AvgIpc) is 2.71. The second kappa shape index (κ2) is 9.86. The first-order valence-corrected chi connectivity index (χ1v) is 8.28. The molecule has 0 saturated heterocycles. The number of amides is 1. The van der Waals surface area contributed by atoms with Crippen LogP contribution in [-0.2, 0) is 25.8 Å². The smallest absolute Gasteiger partial charge is 0.337 e. The minimum Gasteiger partial charge on any atom is -0.495 e. The van der Waals surface area contributed by atoms with E-state index in [1.165, 1.54) is 21.1 Å². The van der Waals surface area contributed by atoms with Gasteiger partial charge < -0.3 is 19.6 Å². The second-order valence-electron chi connectivity index (χ2n) is 5.61. The molecular weight excluding hydrogens is 364 g/mol. The zero-order valence-corrected chi connectivity index (χ0v) is 15.7. The molecule has 0 aliphatic carbocycles. The lowest BCUT2D eigenvalue weighted by Crippen LogP contribution is -2.29. The molecule has 0 radical (unpaired) electrons. The van der Waals surface area contributed by atoms with Crippen molar-refractivity contribution in [2.24, 2.45) is 5.16 Å². The molecule has 0 aromatic heterocycles. The number of anilines is 1. The highest BCUT2D eigenvalue weighted by Crippen LogP contribution is 2.22. The van der Waals surface area contributed by atoms with Gasteiger partial charge in [-0.15, -0.1) is 0 Å². The Morgan fingerprint density at radius 1 is 1.00 bits per heavy atom. The van der Waals surface area contributed by atoms with Crippen molar-refractivity contribution in [3.05, 3.63) is 59.7 Å². The van der Waals surface area contributed by atoms with Crippen LogP contribution in [0.5, 0.6) is 5.75 Å². The number of nitrogens with one attached hydrogen (secondary N) is 1. The molecule has 1 N–H and O–H groups in total. The van der Waals surface area contributed by atoms with Gasteiger partial charge in [0.2, 0.25) is 5.71 Å². The Hall–Kier alpha value is -3.68. The van der Waals surface area contributed by atoms with Crippen LogP contribution in [0.3, 0.4) is 0 Å². The van der Waals surface area contributed by atoms with Gasteiger partial charge in [-0.3, -0.25) is 9.59 Å². The van der Waals surface area contributed by atoms with Gasteiger partial charge >= 0.3 is 5.97 Å².